The van der Waals surface area contributed by atoms with E-state index in [4.69, 9.17) is 0 Å². The van der Waals surface area contributed by atoms with Gasteiger partial charge in [-0.05, 0) is 0 Å². The zero-order valence-corrected chi connectivity index (χ0v) is 26.2. The quantitative estimate of drug-likeness (QED) is 0.487. The van der Waals surface area contributed by atoms with E-state index in [0.717, 1.165) is 6.42 Å². The van der Waals surface area contributed by atoms with Gasteiger partial charge in [-0.25, -0.2) is 0 Å². The van der Waals surface area contributed by atoms with E-state index in [1.807, 2.05) is 0 Å². The van der Waals surface area contributed by atoms with Crippen molar-refractivity contribution in [3.8, 4) is 11.1 Å². The second kappa shape index (κ2) is 10.3. The van der Waals surface area contributed by atoms with Crippen molar-refractivity contribution in [1.82, 2.24) is 3.80 Å². The summed E-state index contributed by atoms with van der Waals surface area (Å²) in [5, 5.41) is 0. The third kappa shape index (κ3) is 6.32. The van der Waals surface area contributed by atoms with E-state index >= 15 is 0 Å². The van der Waals surface area contributed by atoms with Crippen molar-refractivity contribution in [2.45, 2.75) is 98.2 Å². The Morgan fingerprint density at radius 3 is 1.81 bits per heavy atom. The van der Waals surface area contributed by atoms with Crippen molar-refractivity contribution in [3.05, 3.63) is 52.6 Å². The Morgan fingerprint density at radius 2 is 1.34 bits per heavy atom. The van der Waals surface area contributed by atoms with Gasteiger partial charge >= 0.3 is 194 Å². The van der Waals surface area contributed by atoms with E-state index < -0.39 is 24.0 Å². The Balaban J connectivity index is 0.00000256. The van der Waals surface area contributed by atoms with Gasteiger partial charge in [0.2, 0.25) is 0 Å². The molecule has 0 atom stereocenters. The maximum atomic E-state index is 4.20. The first kappa shape index (κ1) is 29.9. The van der Waals surface area contributed by atoms with Crippen molar-refractivity contribution in [2.75, 3.05) is 0 Å². The van der Waals surface area contributed by atoms with Gasteiger partial charge in [0.1, 0.15) is 0 Å². The van der Waals surface area contributed by atoms with E-state index in [1.165, 1.54) is 22.3 Å². The Labute approximate surface area is 217 Å². The first-order valence-electron chi connectivity index (χ1n) is 11.5. The standard InChI is InChI=1S/C21H25.C4H10N.C2H7Si.2ClH.Ti/c1-20(2,3)16-7-9-18-14(12-16)11-15-13-17(21(4,5)6)8-10-19(15)18;1-4(2,3)5;1-3-2;;;/h7-10,12H,11H2,1-6H3;5H,1-3H3;3H,1-2H3;2*1H;/q;-1;;;;+3/p-2. The van der Waals surface area contributed by atoms with Crippen LogP contribution in [-0.2, 0) is 34.6 Å². The molecule has 1 nitrogen and oxygen atoms in total. The van der Waals surface area contributed by atoms with Crippen LogP contribution in [0.1, 0.15) is 84.6 Å². The summed E-state index contributed by atoms with van der Waals surface area (Å²) in [7, 11) is 0. The molecule has 2 aromatic rings. The predicted molar refractivity (Wildman–Crippen MR) is 133 cm³/mol. The van der Waals surface area contributed by atoms with Gasteiger partial charge in [-0.15, -0.1) is 0 Å². The Kier molecular flexibility index (Phi) is 9.60. The zero-order valence-electron chi connectivity index (χ0n) is 21.9. The summed E-state index contributed by atoms with van der Waals surface area (Å²) < 4.78 is 5.97. The molecule has 2 aromatic carbocycles. The van der Waals surface area contributed by atoms with Crippen LogP contribution in [0.25, 0.3) is 11.1 Å². The average molecular weight is 527 g/mol. The smallest absolute Gasteiger partial charge is 1.00 e. The number of benzene rings is 2. The summed E-state index contributed by atoms with van der Waals surface area (Å²) in [4.78, 5) is 0. The minimum atomic E-state index is -1.61. The SMILES string of the molecule is C[SiH](C)[Ti+2]([NH]C(C)(C)C)[c]1c(C(C)(C)C)ccc2c1Cc1cc(C(C)(C)C)ccc1-2.[Cl-].[Cl-]. The van der Waals surface area contributed by atoms with Crippen LogP contribution in [0.5, 0.6) is 0 Å². The van der Waals surface area contributed by atoms with Crippen LogP contribution in [0.2, 0.25) is 13.1 Å². The molecule has 0 amide bonds. The molecule has 177 valence electrons. The molecule has 0 saturated heterocycles. The van der Waals surface area contributed by atoms with Crippen molar-refractivity contribution in [3.63, 3.8) is 0 Å². The molecule has 1 aliphatic carbocycles. The summed E-state index contributed by atoms with van der Waals surface area (Å²) in [6, 6.07) is 12.1. The fraction of sp³-hybridized carbons (Fsp3) is 0.556. The molecule has 0 aromatic heterocycles. The average Bonchev–Trinajstić information content (AvgIpc) is 2.94. The number of rotatable bonds is 3. The maximum Gasteiger partial charge on any atom is -1.00 e. The second-order valence-corrected chi connectivity index (χ2v) is 25.1. The fourth-order valence-electron chi connectivity index (χ4n) is 4.58. The van der Waals surface area contributed by atoms with E-state index in [2.05, 4.69) is 110 Å². The van der Waals surface area contributed by atoms with Gasteiger partial charge in [-0.1, -0.05) is 0 Å². The van der Waals surface area contributed by atoms with Crippen LogP contribution in [0.15, 0.2) is 30.3 Å². The van der Waals surface area contributed by atoms with E-state index in [-0.39, 0.29) is 41.2 Å². The summed E-state index contributed by atoms with van der Waals surface area (Å²) in [6.45, 7) is 25.5. The predicted octanol–water partition coefficient (Wildman–Crippen LogP) is 0.391. The van der Waals surface area contributed by atoms with Crippen LogP contribution in [0.3, 0.4) is 0 Å². The first-order chi connectivity index (χ1) is 13.6. The zero-order chi connectivity index (χ0) is 22.6. The first-order valence-corrected chi connectivity index (χ1v) is 18.7. The summed E-state index contributed by atoms with van der Waals surface area (Å²) in [5.74, 6) is 0. The Hall–Kier alpha value is -0.0888. The van der Waals surface area contributed by atoms with E-state index in [1.54, 1.807) is 15.0 Å². The summed E-state index contributed by atoms with van der Waals surface area (Å²) in [5.41, 5.74) is 9.75. The van der Waals surface area contributed by atoms with Crippen LogP contribution < -0.4 is 32.5 Å². The van der Waals surface area contributed by atoms with Crippen LogP contribution in [-0.4, -0.2) is 12.2 Å². The van der Waals surface area contributed by atoms with Gasteiger partial charge in [0.05, 0.1) is 0 Å². The van der Waals surface area contributed by atoms with Crippen molar-refractivity contribution < 1.29 is 42.2 Å². The van der Waals surface area contributed by atoms with Gasteiger partial charge < -0.3 is 24.8 Å². The minimum absolute atomic E-state index is 0. The summed E-state index contributed by atoms with van der Waals surface area (Å²) in [6.07, 6.45) is 1.11. The monoisotopic (exact) mass is 526 g/mol. The van der Waals surface area contributed by atoms with Gasteiger partial charge in [-0.2, -0.15) is 0 Å². The molecule has 0 bridgehead atoms. The van der Waals surface area contributed by atoms with Gasteiger partial charge in [0.15, 0.2) is 0 Å². The number of halogens is 2. The molecular weight excluding hydrogens is 485 g/mol. The molecule has 1 aliphatic rings. The molecule has 0 aliphatic heterocycles. The molecule has 3 rings (SSSR count). The largest absolute Gasteiger partial charge is 1.00 e. The number of fused-ring (bicyclic) bond motifs is 3. The molecule has 5 heteroatoms. The molecule has 1 N–H and O–H groups in total. The molecule has 0 saturated carbocycles. The minimum Gasteiger partial charge on any atom is -1.00 e. The Bertz CT molecular complexity index is 950. The second-order valence-electron chi connectivity index (χ2n) is 12.5. The van der Waals surface area contributed by atoms with E-state index in [9.17, 15) is 0 Å². The van der Waals surface area contributed by atoms with Crippen molar-refractivity contribution in [2.24, 2.45) is 0 Å². The van der Waals surface area contributed by atoms with Crippen molar-refractivity contribution >= 4 is 10.5 Å². The topological polar surface area (TPSA) is 12.0 Å². The third-order valence-corrected chi connectivity index (χ3v) is 17.8. The summed E-state index contributed by atoms with van der Waals surface area (Å²) >= 11 is -1.61. The third-order valence-electron chi connectivity index (χ3n) is 6.11. The maximum absolute atomic E-state index is 4.20. The van der Waals surface area contributed by atoms with Gasteiger partial charge in [0.25, 0.3) is 0 Å². The molecular formula is C27H42Cl2NSiTi. The van der Waals surface area contributed by atoms with Crippen LogP contribution in [0, 0.1) is 0 Å². The Morgan fingerprint density at radius 1 is 0.781 bits per heavy atom. The van der Waals surface area contributed by atoms with Crippen molar-refractivity contribution in [1.29, 1.82) is 0 Å². The molecule has 0 fully saturated rings. The van der Waals surface area contributed by atoms with Gasteiger partial charge in [0, 0.05) is 0 Å². The number of nitrogens with one attached hydrogen (secondary N) is 1. The normalized spacial score (nSPS) is 13.2. The number of hydrogen-bond acceptors (Lipinski definition) is 1. The van der Waals surface area contributed by atoms with Crippen LogP contribution >= 0.6 is 0 Å². The molecule has 0 spiro atoms. The molecule has 0 radical (unpaired) electrons. The molecule has 0 unspecified atom stereocenters. The molecule has 0 heterocycles. The fourth-order valence-corrected chi connectivity index (χ4v) is 16.1. The van der Waals surface area contributed by atoms with Crippen LogP contribution in [0.4, 0.5) is 0 Å². The van der Waals surface area contributed by atoms with Gasteiger partial charge in [-0.3, -0.25) is 0 Å². The molecule has 32 heavy (non-hydrogen) atoms. The number of hydrogen-bond donors (Lipinski definition) is 1. The van der Waals surface area contributed by atoms with E-state index in [0.29, 0.717) is 0 Å².